The van der Waals surface area contributed by atoms with Gasteiger partial charge in [-0.1, -0.05) is 19.8 Å². The van der Waals surface area contributed by atoms with Crippen LogP contribution in [0.5, 0.6) is 0 Å². The third-order valence-electron chi connectivity index (χ3n) is 7.93. The fraction of sp³-hybridized carbons (Fsp3) is 0.417. The SMILES string of the molecule is CC#Cc1cc(-c2c(C)cc(F)cc2C)c(F)c([C@@H](CC(=O)O)NC(=O)[C@@H](CC(C)C)n2cc(CCN(C)C)c(C(F)(F)F)cc2=O)c1F. The number of aromatic nitrogens is 1. The van der Waals surface area contributed by atoms with Gasteiger partial charge in [-0.2, -0.15) is 13.2 Å². The average Bonchev–Trinajstić information content (AvgIpc) is 2.96. The third-order valence-corrected chi connectivity index (χ3v) is 7.93. The molecule has 0 bridgehead atoms. The van der Waals surface area contributed by atoms with E-state index in [1.165, 1.54) is 20.8 Å². The first-order chi connectivity index (χ1) is 22.8. The summed E-state index contributed by atoms with van der Waals surface area (Å²) in [7, 11) is 3.31. The van der Waals surface area contributed by atoms with Crippen LogP contribution in [0.4, 0.5) is 26.3 Å². The van der Waals surface area contributed by atoms with Crippen molar-refractivity contribution in [2.24, 2.45) is 5.92 Å². The van der Waals surface area contributed by atoms with Crippen molar-refractivity contribution in [3.8, 4) is 23.0 Å². The Bertz CT molecular complexity index is 1830. The largest absolute Gasteiger partial charge is 0.481 e. The van der Waals surface area contributed by atoms with E-state index < -0.39 is 70.7 Å². The number of hydrogen-bond donors (Lipinski definition) is 2. The quantitative estimate of drug-likeness (QED) is 0.158. The summed E-state index contributed by atoms with van der Waals surface area (Å²) in [5.74, 6) is -0.892. The Morgan fingerprint density at radius 3 is 2.14 bits per heavy atom. The summed E-state index contributed by atoms with van der Waals surface area (Å²) in [5.41, 5.74) is -3.09. The molecular weight excluding hydrogens is 652 g/mol. The number of aliphatic carboxylic acids is 1. The van der Waals surface area contributed by atoms with Crippen molar-refractivity contribution in [1.82, 2.24) is 14.8 Å². The van der Waals surface area contributed by atoms with Crippen molar-refractivity contribution < 1.29 is 41.0 Å². The molecule has 0 aliphatic rings. The average molecular weight is 692 g/mol. The second kappa shape index (κ2) is 15.8. The van der Waals surface area contributed by atoms with E-state index in [1.807, 2.05) is 0 Å². The van der Waals surface area contributed by atoms with Crippen molar-refractivity contribution in [3.63, 3.8) is 0 Å². The third kappa shape index (κ3) is 9.32. The Kier molecular flexibility index (Phi) is 12.5. The fourth-order valence-electron chi connectivity index (χ4n) is 5.81. The number of carboxylic acid groups (broad SMARTS) is 1. The lowest BCUT2D eigenvalue weighted by molar-refractivity contribution is -0.139. The first-order valence-electron chi connectivity index (χ1n) is 15.5. The van der Waals surface area contributed by atoms with E-state index in [9.17, 15) is 37.1 Å². The molecule has 0 fully saturated rings. The summed E-state index contributed by atoms with van der Waals surface area (Å²) < 4.78 is 89.3. The molecule has 7 nitrogen and oxygen atoms in total. The summed E-state index contributed by atoms with van der Waals surface area (Å²) in [5, 5.41) is 12.2. The van der Waals surface area contributed by atoms with Crippen molar-refractivity contribution in [2.45, 2.75) is 72.1 Å². The number of aryl methyl sites for hydroxylation is 2. The van der Waals surface area contributed by atoms with Crippen LogP contribution < -0.4 is 10.9 Å². The molecular formula is C36H39F6N3O4. The smallest absolute Gasteiger partial charge is 0.416 e. The Morgan fingerprint density at radius 1 is 1.02 bits per heavy atom. The Hall–Kier alpha value is -4.57. The van der Waals surface area contributed by atoms with E-state index in [4.69, 9.17) is 0 Å². The van der Waals surface area contributed by atoms with Crippen molar-refractivity contribution >= 4 is 11.9 Å². The molecule has 0 saturated heterocycles. The van der Waals surface area contributed by atoms with Gasteiger partial charge in [-0.3, -0.25) is 14.4 Å². The normalized spacial score (nSPS) is 12.9. The Balaban J connectivity index is 2.26. The number of likely N-dealkylation sites (N-methyl/N-ethyl adjacent to an activating group) is 1. The first-order valence-corrected chi connectivity index (χ1v) is 15.5. The molecule has 2 aromatic carbocycles. The second-order valence-corrected chi connectivity index (χ2v) is 12.6. The molecule has 0 aliphatic carbocycles. The number of alkyl halides is 3. The molecule has 13 heteroatoms. The van der Waals surface area contributed by atoms with Gasteiger partial charge in [0.15, 0.2) is 0 Å². The Morgan fingerprint density at radius 2 is 1.63 bits per heavy atom. The predicted molar refractivity (Wildman–Crippen MR) is 173 cm³/mol. The molecule has 2 atom stereocenters. The van der Waals surface area contributed by atoms with Crippen LogP contribution in [-0.4, -0.2) is 47.1 Å². The van der Waals surface area contributed by atoms with Crippen LogP contribution in [0.1, 0.15) is 79.1 Å². The minimum absolute atomic E-state index is 0.0877. The number of nitrogens with one attached hydrogen (secondary N) is 1. The maximum absolute atomic E-state index is 16.5. The molecule has 0 radical (unpaired) electrons. The standard InChI is InChI=1S/C36H39F6N3O4/c1-8-9-22-15-25(31-20(4)13-24(37)14-21(31)5)34(39)32(33(22)38)27(17-30(47)48)43-35(49)28(12-19(2)3)45-18-23(10-11-44(6)7)26(16-29(45)46)36(40,41)42/h13-16,18-19,27-28H,10-12,17H2,1-7H3,(H,43,49)(H,47,48)/t27-,28-/m1/s1. The van der Waals surface area contributed by atoms with Crippen LogP contribution in [0, 0.1) is 49.1 Å². The van der Waals surface area contributed by atoms with Crippen LogP contribution in [0.15, 0.2) is 35.3 Å². The van der Waals surface area contributed by atoms with E-state index >= 15 is 8.78 Å². The molecule has 1 aromatic heterocycles. The molecule has 0 aliphatic heterocycles. The predicted octanol–water partition coefficient (Wildman–Crippen LogP) is 6.96. The van der Waals surface area contributed by atoms with Crippen LogP contribution in [0.25, 0.3) is 11.1 Å². The zero-order chi connectivity index (χ0) is 37.0. The molecule has 2 N–H and O–H groups in total. The van der Waals surface area contributed by atoms with Gasteiger partial charge in [0, 0.05) is 29.9 Å². The second-order valence-electron chi connectivity index (χ2n) is 12.6. The highest BCUT2D eigenvalue weighted by atomic mass is 19.4. The van der Waals surface area contributed by atoms with Crippen LogP contribution >= 0.6 is 0 Å². The molecule has 0 unspecified atom stereocenters. The molecule has 264 valence electrons. The van der Waals surface area contributed by atoms with Crippen LogP contribution in [-0.2, 0) is 22.2 Å². The lowest BCUT2D eigenvalue weighted by Gasteiger charge is -2.27. The van der Waals surface area contributed by atoms with Crippen molar-refractivity contribution in [2.75, 3.05) is 20.6 Å². The van der Waals surface area contributed by atoms with Crippen molar-refractivity contribution in [1.29, 1.82) is 0 Å². The summed E-state index contributed by atoms with van der Waals surface area (Å²) in [6.07, 6.45) is -5.11. The number of carbonyl (C=O) groups excluding carboxylic acids is 1. The number of halogens is 6. The van der Waals surface area contributed by atoms with Gasteiger partial charge in [-0.15, -0.1) is 5.92 Å². The van der Waals surface area contributed by atoms with Crippen molar-refractivity contribution in [3.05, 3.63) is 91.6 Å². The number of rotatable bonds is 12. The van der Waals surface area contributed by atoms with Gasteiger partial charge in [-0.05, 0) is 94.1 Å². The fourth-order valence-corrected chi connectivity index (χ4v) is 5.81. The number of carbonyl (C=O) groups is 2. The number of pyridine rings is 1. The summed E-state index contributed by atoms with van der Waals surface area (Å²) >= 11 is 0. The van der Waals surface area contributed by atoms with Gasteiger partial charge in [0.1, 0.15) is 23.5 Å². The van der Waals surface area contributed by atoms with Gasteiger partial charge in [0.05, 0.1) is 23.6 Å². The molecule has 3 rings (SSSR count). The van der Waals surface area contributed by atoms with E-state index in [0.717, 1.165) is 29.0 Å². The zero-order valence-electron chi connectivity index (χ0n) is 28.3. The minimum Gasteiger partial charge on any atom is -0.481 e. The molecule has 1 amide bonds. The number of hydrogen-bond acceptors (Lipinski definition) is 4. The van der Waals surface area contributed by atoms with Crippen LogP contribution in [0.2, 0.25) is 0 Å². The van der Waals surface area contributed by atoms with E-state index in [2.05, 4.69) is 17.2 Å². The number of carboxylic acids is 1. The maximum Gasteiger partial charge on any atom is 0.416 e. The molecule has 0 saturated carbocycles. The summed E-state index contributed by atoms with van der Waals surface area (Å²) in [6.45, 7) is 8.01. The monoisotopic (exact) mass is 691 g/mol. The maximum atomic E-state index is 16.5. The van der Waals surface area contributed by atoms with Gasteiger partial charge < -0.3 is 19.9 Å². The molecule has 49 heavy (non-hydrogen) atoms. The van der Waals surface area contributed by atoms with E-state index in [-0.39, 0.29) is 47.6 Å². The zero-order valence-corrected chi connectivity index (χ0v) is 28.3. The number of amides is 1. The number of benzene rings is 2. The van der Waals surface area contributed by atoms with E-state index in [1.54, 1.807) is 32.8 Å². The molecule has 0 spiro atoms. The lowest BCUT2D eigenvalue weighted by atomic mass is 9.89. The highest BCUT2D eigenvalue weighted by Crippen LogP contribution is 2.38. The van der Waals surface area contributed by atoms with Gasteiger partial charge in [0.25, 0.3) is 5.56 Å². The Labute approximate surface area is 280 Å². The molecule has 3 aromatic rings. The minimum atomic E-state index is -4.86. The van der Waals surface area contributed by atoms with Gasteiger partial charge in [0.2, 0.25) is 5.91 Å². The summed E-state index contributed by atoms with van der Waals surface area (Å²) in [6, 6.07) is 0.503. The van der Waals surface area contributed by atoms with E-state index in [0.29, 0.717) is 17.2 Å². The lowest BCUT2D eigenvalue weighted by Crippen LogP contribution is -2.41. The van der Waals surface area contributed by atoms with Gasteiger partial charge >= 0.3 is 12.1 Å². The highest BCUT2D eigenvalue weighted by molar-refractivity contribution is 5.82. The first kappa shape index (κ1) is 38.9. The summed E-state index contributed by atoms with van der Waals surface area (Å²) in [4.78, 5) is 40.8. The van der Waals surface area contributed by atoms with Gasteiger partial charge in [-0.25, -0.2) is 13.2 Å². The highest BCUT2D eigenvalue weighted by Gasteiger charge is 2.36. The van der Waals surface area contributed by atoms with Crippen LogP contribution in [0.3, 0.4) is 0 Å². The molecule has 1 heterocycles. The topological polar surface area (TPSA) is 91.6 Å². The number of nitrogens with zero attached hydrogens (tertiary/aromatic N) is 2.